The fourth-order valence-corrected chi connectivity index (χ4v) is 2.09. The van der Waals surface area contributed by atoms with Gasteiger partial charge in [-0.2, -0.15) is 0 Å². The average Bonchev–Trinajstić information content (AvgIpc) is 2.36. The molecule has 1 rings (SSSR count). The van der Waals surface area contributed by atoms with Gasteiger partial charge in [0.05, 0.1) is 6.61 Å². The molecule has 0 heterocycles. The fourth-order valence-electron chi connectivity index (χ4n) is 1.56. The number of thiocarbonyl (C=S) groups is 1. The van der Waals surface area contributed by atoms with Crippen molar-refractivity contribution >= 4 is 44.8 Å². The summed E-state index contributed by atoms with van der Waals surface area (Å²) in [6, 6.07) is 5.69. The average molecular weight is 345 g/mol. The molecule has 0 saturated heterocycles. The summed E-state index contributed by atoms with van der Waals surface area (Å²) in [6.07, 6.45) is 1.10. The Balaban J connectivity index is 2.49. The van der Waals surface area contributed by atoms with Crippen LogP contribution in [0.25, 0.3) is 0 Å². The Morgan fingerprint density at radius 3 is 2.89 bits per heavy atom. The molecule has 0 saturated carbocycles. The molecule has 0 unspecified atom stereocenters. The number of nitrogens with one attached hydrogen (secondary N) is 1. The minimum atomic E-state index is -0.172. The lowest BCUT2D eigenvalue weighted by atomic mass is 10.1. The molecule has 0 bridgehead atoms. The lowest BCUT2D eigenvalue weighted by Gasteiger charge is -2.11. The Kier molecular flexibility index (Phi) is 6.80. The lowest BCUT2D eigenvalue weighted by molar-refractivity contribution is -0.143. The van der Waals surface area contributed by atoms with Crippen LogP contribution in [0.2, 0.25) is 0 Å². The number of ether oxygens (including phenoxy) is 1. The van der Waals surface area contributed by atoms with E-state index in [0.717, 1.165) is 15.7 Å². The van der Waals surface area contributed by atoms with Crippen LogP contribution in [-0.2, 0) is 9.53 Å². The molecule has 104 valence electrons. The summed E-state index contributed by atoms with van der Waals surface area (Å²) in [4.78, 5) is 11.5. The van der Waals surface area contributed by atoms with E-state index in [1.807, 2.05) is 18.2 Å². The van der Waals surface area contributed by atoms with Crippen molar-refractivity contribution in [1.29, 1.82) is 0 Å². The molecule has 19 heavy (non-hydrogen) atoms. The number of hydrogen-bond acceptors (Lipinski definition) is 4. The number of esters is 1. The first-order valence-electron chi connectivity index (χ1n) is 6.03. The highest BCUT2D eigenvalue weighted by molar-refractivity contribution is 9.10. The third-order valence-corrected chi connectivity index (χ3v) is 3.14. The van der Waals surface area contributed by atoms with Gasteiger partial charge in [-0.25, -0.2) is 0 Å². The Labute approximate surface area is 126 Å². The highest BCUT2D eigenvalue weighted by atomic mass is 79.9. The van der Waals surface area contributed by atoms with Gasteiger partial charge in [0.1, 0.15) is 4.99 Å². The molecule has 0 aliphatic rings. The van der Waals surface area contributed by atoms with Gasteiger partial charge in [0.15, 0.2) is 0 Å². The van der Waals surface area contributed by atoms with Crippen molar-refractivity contribution in [1.82, 2.24) is 0 Å². The number of nitrogens with two attached hydrogens (primary N) is 1. The normalized spacial score (nSPS) is 10.0. The minimum Gasteiger partial charge on any atom is -0.466 e. The van der Waals surface area contributed by atoms with Crippen molar-refractivity contribution in [2.24, 2.45) is 5.73 Å². The fraction of sp³-hybridized carbons (Fsp3) is 0.385. The number of hydrogen-bond donors (Lipinski definition) is 2. The van der Waals surface area contributed by atoms with Crippen molar-refractivity contribution in [2.75, 3.05) is 18.5 Å². The molecule has 0 fully saturated rings. The van der Waals surface area contributed by atoms with E-state index in [9.17, 15) is 4.79 Å². The molecule has 0 aliphatic heterocycles. The first kappa shape index (κ1) is 15.9. The maximum Gasteiger partial charge on any atom is 0.305 e. The summed E-state index contributed by atoms with van der Waals surface area (Å²) in [6.45, 7) is 2.88. The molecular formula is C13H17BrN2O2S. The van der Waals surface area contributed by atoms with E-state index >= 15 is 0 Å². The molecule has 3 N–H and O–H groups in total. The van der Waals surface area contributed by atoms with Gasteiger partial charge in [-0.3, -0.25) is 4.79 Å². The van der Waals surface area contributed by atoms with Gasteiger partial charge in [-0.05, 0) is 31.5 Å². The first-order valence-corrected chi connectivity index (χ1v) is 7.23. The number of halogens is 1. The van der Waals surface area contributed by atoms with Gasteiger partial charge >= 0.3 is 5.97 Å². The Morgan fingerprint density at radius 2 is 2.26 bits per heavy atom. The summed E-state index contributed by atoms with van der Waals surface area (Å²) in [7, 11) is 0. The molecular weight excluding hydrogens is 328 g/mol. The summed E-state index contributed by atoms with van der Waals surface area (Å²) >= 11 is 8.39. The van der Waals surface area contributed by atoms with Crippen LogP contribution in [0.4, 0.5) is 5.69 Å². The Hall–Kier alpha value is -1.14. The van der Waals surface area contributed by atoms with Crippen LogP contribution in [0.5, 0.6) is 0 Å². The van der Waals surface area contributed by atoms with Gasteiger partial charge in [-0.1, -0.05) is 28.1 Å². The third kappa shape index (κ3) is 5.57. The predicted octanol–water partition coefficient (Wildman–Crippen LogP) is 2.84. The number of carbonyl (C=O) groups excluding carboxylic acids is 1. The second-order valence-corrected chi connectivity index (χ2v) is 5.25. The summed E-state index contributed by atoms with van der Waals surface area (Å²) in [5.74, 6) is -0.172. The predicted molar refractivity (Wildman–Crippen MR) is 84.4 cm³/mol. The third-order valence-electron chi connectivity index (χ3n) is 2.43. The number of benzene rings is 1. The number of rotatable bonds is 7. The maximum absolute atomic E-state index is 11.2. The van der Waals surface area contributed by atoms with E-state index in [-0.39, 0.29) is 5.97 Å². The molecule has 0 radical (unpaired) electrons. The zero-order chi connectivity index (χ0) is 14.3. The molecule has 4 nitrogen and oxygen atoms in total. The van der Waals surface area contributed by atoms with Gasteiger partial charge in [0.2, 0.25) is 0 Å². The summed E-state index contributed by atoms with van der Waals surface area (Å²) in [5.41, 5.74) is 7.34. The zero-order valence-corrected chi connectivity index (χ0v) is 13.1. The highest BCUT2D eigenvalue weighted by Crippen LogP contribution is 2.21. The van der Waals surface area contributed by atoms with E-state index < -0.39 is 0 Å². The highest BCUT2D eigenvalue weighted by Gasteiger charge is 2.06. The van der Waals surface area contributed by atoms with Crippen LogP contribution in [-0.4, -0.2) is 24.1 Å². The van der Waals surface area contributed by atoms with Crippen molar-refractivity contribution in [3.8, 4) is 0 Å². The number of carbonyl (C=O) groups is 1. The SMILES string of the molecule is CCOC(=O)CCCNc1ccc(Br)cc1C(N)=S. The van der Waals surface area contributed by atoms with Gasteiger partial charge in [0, 0.05) is 28.7 Å². The molecule has 0 atom stereocenters. The topological polar surface area (TPSA) is 64.3 Å². The zero-order valence-electron chi connectivity index (χ0n) is 10.7. The molecule has 0 aromatic heterocycles. The Morgan fingerprint density at radius 1 is 1.53 bits per heavy atom. The molecule has 0 amide bonds. The number of anilines is 1. The van der Waals surface area contributed by atoms with Crippen molar-refractivity contribution in [3.63, 3.8) is 0 Å². The largest absolute Gasteiger partial charge is 0.466 e. The first-order chi connectivity index (χ1) is 9.04. The van der Waals surface area contributed by atoms with Crippen LogP contribution >= 0.6 is 28.1 Å². The second-order valence-electron chi connectivity index (χ2n) is 3.89. The quantitative estimate of drug-likeness (QED) is 0.452. The van der Waals surface area contributed by atoms with Crippen LogP contribution in [0.1, 0.15) is 25.3 Å². The van der Waals surface area contributed by atoms with E-state index in [4.69, 9.17) is 22.7 Å². The standard InChI is InChI=1S/C13H17BrN2O2S/c1-2-18-12(17)4-3-7-16-11-6-5-9(14)8-10(11)13(15)19/h5-6,8,16H,2-4,7H2,1H3,(H2,15,19). The van der Waals surface area contributed by atoms with Crippen molar-refractivity contribution < 1.29 is 9.53 Å². The molecule has 0 aliphatic carbocycles. The monoisotopic (exact) mass is 344 g/mol. The van der Waals surface area contributed by atoms with E-state index in [1.165, 1.54) is 0 Å². The van der Waals surface area contributed by atoms with E-state index in [0.29, 0.717) is 31.0 Å². The minimum absolute atomic E-state index is 0.172. The van der Waals surface area contributed by atoms with Gasteiger partial charge in [0.25, 0.3) is 0 Å². The summed E-state index contributed by atoms with van der Waals surface area (Å²) < 4.78 is 5.78. The maximum atomic E-state index is 11.2. The van der Waals surface area contributed by atoms with E-state index in [2.05, 4.69) is 21.2 Å². The molecule has 6 heteroatoms. The smallest absolute Gasteiger partial charge is 0.305 e. The van der Waals surface area contributed by atoms with Crippen LogP contribution in [0, 0.1) is 0 Å². The van der Waals surface area contributed by atoms with Crippen LogP contribution in [0.3, 0.4) is 0 Å². The van der Waals surface area contributed by atoms with Crippen molar-refractivity contribution in [2.45, 2.75) is 19.8 Å². The van der Waals surface area contributed by atoms with Crippen LogP contribution < -0.4 is 11.1 Å². The molecule has 1 aromatic rings. The Bertz CT molecular complexity index is 466. The summed E-state index contributed by atoms with van der Waals surface area (Å²) in [5, 5.41) is 3.22. The molecule has 0 spiro atoms. The lowest BCUT2D eigenvalue weighted by Crippen LogP contribution is -2.14. The molecule has 1 aromatic carbocycles. The van der Waals surface area contributed by atoms with Crippen LogP contribution in [0.15, 0.2) is 22.7 Å². The second kappa shape index (κ2) is 8.12. The van der Waals surface area contributed by atoms with Gasteiger partial charge < -0.3 is 15.8 Å². The van der Waals surface area contributed by atoms with E-state index in [1.54, 1.807) is 6.92 Å². The van der Waals surface area contributed by atoms with Crippen molar-refractivity contribution in [3.05, 3.63) is 28.2 Å². The van der Waals surface area contributed by atoms with Gasteiger partial charge in [-0.15, -0.1) is 0 Å².